The molecule has 0 aliphatic heterocycles. The topological polar surface area (TPSA) is 18.5 Å². The van der Waals surface area contributed by atoms with Crippen molar-refractivity contribution in [2.45, 2.75) is 71.7 Å². The number of methoxy groups -OCH3 is 1. The first-order valence-corrected chi connectivity index (χ1v) is 13.8. The second kappa shape index (κ2) is 9.02. The van der Waals surface area contributed by atoms with Crippen molar-refractivity contribution in [2.75, 3.05) is 7.11 Å². The number of hydrogen-bond donors (Lipinski definition) is 0. The van der Waals surface area contributed by atoms with Crippen LogP contribution in [0.3, 0.4) is 0 Å². The fourth-order valence-electron chi connectivity index (χ4n) is 2.94. The highest BCUT2D eigenvalue weighted by Crippen LogP contribution is 2.44. The fourth-order valence-corrected chi connectivity index (χ4v) is 4.08. The summed E-state index contributed by atoms with van der Waals surface area (Å²) >= 11 is 6.91. The summed E-state index contributed by atoms with van der Waals surface area (Å²) in [4.78, 5) is 0. The molecule has 0 saturated carbocycles. The van der Waals surface area contributed by atoms with Gasteiger partial charge in [-0.2, -0.15) is 0 Å². The lowest BCUT2D eigenvalue weighted by molar-refractivity contribution is 0.276. The Morgan fingerprint density at radius 3 is 2.13 bits per heavy atom. The van der Waals surface area contributed by atoms with Crippen LogP contribution in [-0.4, -0.2) is 15.4 Å². The van der Waals surface area contributed by atoms with Gasteiger partial charge in [-0.05, 0) is 58.4 Å². The van der Waals surface area contributed by atoms with Crippen LogP contribution in [0.2, 0.25) is 18.1 Å². The first-order chi connectivity index (χ1) is 13.7. The predicted molar refractivity (Wildman–Crippen MR) is 128 cm³/mol. The van der Waals surface area contributed by atoms with Crippen LogP contribution in [0.4, 0.5) is 4.39 Å². The molecular weight excluding hydrogens is 415 g/mol. The molecule has 1 atom stereocenters. The Kier molecular flexibility index (Phi) is 7.48. The first-order valence-electron chi connectivity index (χ1n) is 10.4. The van der Waals surface area contributed by atoms with Crippen molar-refractivity contribution in [3.8, 4) is 16.9 Å². The van der Waals surface area contributed by atoms with Crippen LogP contribution in [0.5, 0.6) is 5.75 Å². The Balaban J connectivity index is 2.52. The summed E-state index contributed by atoms with van der Waals surface area (Å²) in [6.45, 7) is 18.0. The van der Waals surface area contributed by atoms with Gasteiger partial charge in [0.15, 0.2) is 8.32 Å². The number of halogens is 2. The molecule has 30 heavy (non-hydrogen) atoms. The maximum Gasteiger partial charge on any atom is 0.192 e. The molecule has 0 N–H and O–H groups in total. The lowest BCUT2D eigenvalue weighted by Crippen LogP contribution is -2.40. The molecule has 2 rings (SSSR count). The van der Waals surface area contributed by atoms with Crippen molar-refractivity contribution >= 4 is 19.9 Å². The first kappa shape index (κ1) is 24.9. The van der Waals surface area contributed by atoms with E-state index in [1.54, 1.807) is 19.2 Å². The zero-order chi connectivity index (χ0) is 22.9. The summed E-state index contributed by atoms with van der Waals surface area (Å²) in [6.07, 6.45) is 0. The second-order valence-corrected chi connectivity index (χ2v) is 15.8. The smallest absolute Gasteiger partial charge is 0.192 e. The van der Waals surface area contributed by atoms with Crippen LogP contribution in [0.25, 0.3) is 11.1 Å². The molecule has 0 aromatic heterocycles. The minimum absolute atomic E-state index is 0.139. The maximum atomic E-state index is 14.7. The van der Waals surface area contributed by atoms with Gasteiger partial charge in [0, 0.05) is 5.56 Å². The Labute approximate surface area is 187 Å². The monoisotopic (exact) mass is 450 g/mol. The van der Waals surface area contributed by atoms with E-state index in [1.807, 2.05) is 12.1 Å². The highest BCUT2D eigenvalue weighted by molar-refractivity contribution is 6.74. The van der Waals surface area contributed by atoms with Gasteiger partial charge in [-0.15, -0.1) is 11.6 Å². The molecule has 0 bridgehead atoms. The number of hydrogen-bond acceptors (Lipinski definition) is 2. The summed E-state index contributed by atoms with van der Waals surface area (Å²) in [5, 5.41) is -0.147. The standard InChI is InChI=1S/C25H36ClFO2Si/c1-24(2,3)23(26)21-14-17(16-29-30(8,9)25(4,5)6)10-12-19(21)20-15-18(28-7)11-13-22(20)27/h10-15,23H,16H2,1-9H3. The quantitative estimate of drug-likeness (QED) is 0.325. The van der Waals surface area contributed by atoms with Gasteiger partial charge in [0.25, 0.3) is 0 Å². The lowest BCUT2D eigenvalue weighted by Gasteiger charge is -2.36. The number of benzene rings is 2. The summed E-state index contributed by atoms with van der Waals surface area (Å²) < 4.78 is 26.5. The zero-order valence-corrected chi connectivity index (χ0v) is 21.6. The van der Waals surface area contributed by atoms with E-state index in [0.717, 1.165) is 16.7 Å². The van der Waals surface area contributed by atoms with E-state index in [4.69, 9.17) is 20.8 Å². The van der Waals surface area contributed by atoms with Crippen LogP contribution >= 0.6 is 11.6 Å². The summed E-state index contributed by atoms with van der Waals surface area (Å²) in [5.41, 5.74) is 3.06. The molecule has 0 spiro atoms. The third kappa shape index (κ3) is 5.66. The molecule has 166 valence electrons. The Morgan fingerprint density at radius 2 is 1.60 bits per heavy atom. The third-order valence-electron chi connectivity index (χ3n) is 6.02. The van der Waals surface area contributed by atoms with Crippen LogP contribution in [-0.2, 0) is 11.0 Å². The summed E-state index contributed by atoms with van der Waals surface area (Å²) in [5.74, 6) is 0.324. The molecule has 2 aromatic carbocycles. The van der Waals surface area contributed by atoms with Crippen molar-refractivity contribution in [1.82, 2.24) is 0 Å². The molecule has 2 aromatic rings. The van der Waals surface area contributed by atoms with Crippen LogP contribution < -0.4 is 4.74 Å². The van der Waals surface area contributed by atoms with E-state index in [2.05, 4.69) is 60.7 Å². The molecule has 0 amide bonds. The van der Waals surface area contributed by atoms with E-state index in [9.17, 15) is 4.39 Å². The van der Waals surface area contributed by atoms with Gasteiger partial charge in [-0.1, -0.05) is 59.7 Å². The molecule has 0 aliphatic carbocycles. The molecule has 0 aliphatic rings. The molecular formula is C25H36ClFO2Si. The fraction of sp³-hybridized carbons (Fsp3) is 0.520. The molecule has 0 fully saturated rings. The van der Waals surface area contributed by atoms with Crippen LogP contribution in [0.1, 0.15) is 58.0 Å². The van der Waals surface area contributed by atoms with Gasteiger partial charge < -0.3 is 9.16 Å². The van der Waals surface area contributed by atoms with Gasteiger partial charge in [0.05, 0.1) is 19.1 Å². The zero-order valence-electron chi connectivity index (χ0n) is 19.8. The van der Waals surface area contributed by atoms with Crippen molar-refractivity contribution in [3.05, 3.63) is 53.3 Å². The van der Waals surface area contributed by atoms with Gasteiger partial charge in [0.1, 0.15) is 11.6 Å². The van der Waals surface area contributed by atoms with Crippen molar-refractivity contribution in [1.29, 1.82) is 0 Å². The lowest BCUT2D eigenvalue weighted by atomic mass is 9.83. The Morgan fingerprint density at radius 1 is 0.967 bits per heavy atom. The van der Waals surface area contributed by atoms with Crippen molar-refractivity contribution in [2.24, 2.45) is 5.41 Å². The van der Waals surface area contributed by atoms with E-state index < -0.39 is 8.32 Å². The van der Waals surface area contributed by atoms with E-state index in [1.165, 1.54) is 6.07 Å². The van der Waals surface area contributed by atoms with E-state index >= 15 is 0 Å². The van der Waals surface area contributed by atoms with Gasteiger partial charge in [-0.25, -0.2) is 4.39 Å². The average molecular weight is 451 g/mol. The largest absolute Gasteiger partial charge is 0.497 e. The van der Waals surface area contributed by atoms with Gasteiger partial charge in [0.2, 0.25) is 0 Å². The highest BCUT2D eigenvalue weighted by atomic mass is 35.5. The van der Waals surface area contributed by atoms with Crippen molar-refractivity contribution in [3.63, 3.8) is 0 Å². The third-order valence-corrected chi connectivity index (χ3v) is 11.4. The minimum atomic E-state index is -1.88. The Bertz CT molecular complexity index is 882. The summed E-state index contributed by atoms with van der Waals surface area (Å²) in [7, 11) is -0.295. The molecule has 0 saturated heterocycles. The average Bonchev–Trinajstić information content (AvgIpc) is 2.64. The van der Waals surface area contributed by atoms with E-state index in [0.29, 0.717) is 17.9 Å². The molecule has 0 heterocycles. The second-order valence-electron chi connectivity index (χ2n) is 10.5. The van der Waals surface area contributed by atoms with Crippen LogP contribution in [0, 0.1) is 11.2 Å². The maximum absolute atomic E-state index is 14.7. The number of ether oxygens (including phenoxy) is 1. The predicted octanol–water partition coefficient (Wildman–Crippen LogP) is 8.35. The molecule has 2 nitrogen and oxygen atoms in total. The van der Waals surface area contributed by atoms with E-state index in [-0.39, 0.29) is 21.6 Å². The molecule has 5 heteroatoms. The molecule has 0 radical (unpaired) electrons. The SMILES string of the molecule is COc1ccc(F)c(-c2ccc(CO[Si](C)(C)C(C)(C)C)cc2C(Cl)C(C)(C)C)c1. The number of alkyl halides is 1. The van der Waals surface area contributed by atoms with Gasteiger partial charge >= 0.3 is 0 Å². The number of rotatable bonds is 6. The Hall–Kier alpha value is -1.36. The van der Waals surface area contributed by atoms with Crippen molar-refractivity contribution < 1.29 is 13.6 Å². The highest BCUT2D eigenvalue weighted by Gasteiger charge is 2.37. The molecule has 1 unspecified atom stereocenters. The normalized spacial score (nSPS) is 14.0. The van der Waals surface area contributed by atoms with Gasteiger partial charge in [-0.3, -0.25) is 0 Å². The summed E-state index contributed by atoms with van der Waals surface area (Å²) in [6, 6.07) is 10.8. The minimum Gasteiger partial charge on any atom is -0.497 e. The van der Waals surface area contributed by atoms with Crippen LogP contribution in [0.15, 0.2) is 36.4 Å².